The van der Waals surface area contributed by atoms with Crippen molar-refractivity contribution in [2.24, 2.45) is 0 Å². The number of ether oxygens (including phenoxy) is 2. The molecule has 0 saturated carbocycles. The lowest BCUT2D eigenvalue weighted by Crippen LogP contribution is -2.34. The van der Waals surface area contributed by atoms with Gasteiger partial charge in [0, 0.05) is 23.9 Å². The van der Waals surface area contributed by atoms with Gasteiger partial charge < -0.3 is 19.7 Å². The zero-order valence-corrected chi connectivity index (χ0v) is 26.7. The van der Waals surface area contributed by atoms with Gasteiger partial charge in [-0.2, -0.15) is 19.1 Å². The molecule has 47 heavy (non-hydrogen) atoms. The van der Waals surface area contributed by atoms with Crippen LogP contribution in [0, 0.1) is 18.3 Å². The molecule has 1 saturated heterocycles. The van der Waals surface area contributed by atoms with E-state index in [1.807, 2.05) is 42.3 Å². The second-order valence-electron chi connectivity index (χ2n) is 11.2. The lowest BCUT2D eigenvalue weighted by Gasteiger charge is -2.26. The van der Waals surface area contributed by atoms with E-state index < -0.39 is 28.4 Å². The van der Waals surface area contributed by atoms with E-state index in [1.54, 1.807) is 54.2 Å². The van der Waals surface area contributed by atoms with E-state index in [2.05, 4.69) is 21.2 Å². The maximum Gasteiger partial charge on any atom is 0.345 e. The molecule has 246 valence electrons. The van der Waals surface area contributed by atoms with Gasteiger partial charge in [0.25, 0.3) is 5.91 Å². The largest absolute Gasteiger partial charge is 0.489 e. The SMILES string of the molecule is CCS(=O)(=O)c1ccc([C@H](CC#N)NC(=O)c2ccc(N3C[C@@H](Oc4ccc(-n5cc(C)cn5)cc4)C[C@H]3COC(F)F)cc2)cc1. The third-order valence-electron chi connectivity index (χ3n) is 7.99. The summed E-state index contributed by atoms with van der Waals surface area (Å²) in [6.45, 7) is 0.825. The summed E-state index contributed by atoms with van der Waals surface area (Å²) < 4.78 is 63.0. The highest BCUT2D eigenvalue weighted by Crippen LogP contribution is 2.30. The molecule has 13 heteroatoms. The van der Waals surface area contributed by atoms with E-state index in [9.17, 15) is 27.3 Å². The Labute approximate surface area is 272 Å². The summed E-state index contributed by atoms with van der Waals surface area (Å²) in [5.74, 6) is 0.182. The van der Waals surface area contributed by atoms with Crippen LogP contribution in [-0.2, 0) is 14.6 Å². The Morgan fingerprint density at radius 2 is 1.74 bits per heavy atom. The quantitative estimate of drug-likeness (QED) is 0.195. The third kappa shape index (κ3) is 8.33. The summed E-state index contributed by atoms with van der Waals surface area (Å²) in [5.41, 5.74) is 3.56. The number of hydrogen-bond donors (Lipinski definition) is 1. The van der Waals surface area contributed by atoms with Crippen molar-refractivity contribution in [2.75, 3.05) is 23.8 Å². The van der Waals surface area contributed by atoms with Crippen molar-refractivity contribution in [1.29, 1.82) is 5.26 Å². The zero-order valence-electron chi connectivity index (χ0n) is 25.9. The number of aryl methyl sites for hydroxylation is 1. The summed E-state index contributed by atoms with van der Waals surface area (Å²) in [5, 5.41) is 16.5. The van der Waals surface area contributed by atoms with Crippen LogP contribution in [0.15, 0.2) is 90.1 Å². The van der Waals surface area contributed by atoms with E-state index >= 15 is 0 Å². The number of alkyl halides is 2. The van der Waals surface area contributed by atoms with Crippen LogP contribution in [0.25, 0.3) is 5.69 Å². The summed E-state index contributed by atoms with van der Waals surface area (Å²) >= 11 is 0. The normalized spacial score (nSPS) is 17.0. The smallest absolute Gasteiger partial charge is 0.345 e. The van der Waals surface area contributed by atoms with Crippen LogP contribution < -0.4 is 15.0 Å². The molecule has 5 rings (SSSR count). The molecule has 1 aliphatic heterocycles. The second-order valence-corrected chi connectivity index (χ2v) is 13.5. The first-order chi connectivity index (χ1) is 22.6. The number of nitriles is 1. The first-order valence-electron chi connectivity index (χ1n) is 15.1. The Morgan fingerprint density at radius 1 is 1.06 bits per heavy atom. The highest BCUT2D eigenvalue weighted by Gasteiger charge is 2.34. The van der Waals surface area contributed by atoms with Crippen molar-refractivity contribution in [3.63, 3.8) is 0 Å². The molecular weight excluding hydrogens is 628 g/mol. The van der Waals surface area contributed by atoms with Crippen molar-refractivity contribution in [2.45, 2.75) is 56.4 Å². The molecule has 4 aromatic rings. The van der Waals surface area contributed by atoms with Gasteiger partial charge in [-0.25, -0.2) is 13.1 Å². The average Bonchev–Trinajstić information content (AvgIpc) is 3.69. The summed E-state index contributed by atoms with van der Waals surface area (Å²) in [6, 6.07) is 21.3. The van der Waals surface area contributed by atoms with Crippen LogP contribution in [0.5, 0.6) is 5.75 Å². The molecule has 2 heterocycles. The number of nitrogens with one attached hydrogen (secondary N) is 1. The predicted octanol–water partition coefficient (Wildman–Crippen LogP) is 5.62. The van der Waals surface area contributed by atoms with Crippen molar-refractivity contribution in [1.82, 2.24) is 15.1 Å². The molecule has 10 nitrogen and oxygen atoms in total. The number of carbonyl (C=O) groups is 1. The lowest BCUT2D eigenvalue weighted by molar-refractivity contribution is -0.131. The molecule has 0 unspecified atom stereocenters. The first kappa shape index (κ1) is 33.6. The Morgan fingerprint density at radius 3 is 2.34 bits per heavy atom. The number of amides is 1. The topological polar surface area (TPSA) is 127 Å². The molecule has 1 fully saturated rings. The van der Waals surface area contributed by atoms with Crippen molar-refractivity contribution >= 4 is 21.4 Å². The molecule has 0 radical (unpaired) electrons. The minimum absolute atomic E-state index is 0.0175. The van der Waals surface area contributed by atoms with Crippen LogP contribution in [0.2, 0.25) is 0 Å². The molecule has 3 atom stereocenters. The Bertz CT molecular complexity index is 1810. The minimum atomic E-state index is -3.38. The molecule has 0 aliphatic carbocycles. The van der Waals surface area contributed by atoms with Crippen LogP contribution in [0.4, 0.5) is 14.5 Å². The molecule has 1 aromatic heterocycles. The van der Waals surface area contributed by atoms with E-state index in [4.69, 9.17) is 4.74 Å². The summed E-state index contributed by atoms with van der Waals surface area (Å²) in [6.07, 6.45) is 3.82. The number of anilines is 1. The summed E-state index contributed by atoms with van der Waals surface area (Å²) in [4.78, 5) is 15.3. The van der Waals surface area contributed by atoms with Crippen molar-refractivity contribution in [3.8, 4) is 17.5 Å². The van der Waals surface area contributed by atoms with Gasteiger partial charge >= 0.3 is 6.61 Å². The van der Waals surface area contributed by atoms with Crippen LogP contribution >= 0.6 is 0 Å². The predicted molar refractivity (Wildman–Crippen MR) is 171 cm³/mol. The molecule has 0 bridgehead atoms. The minimum Gasteiger partial charge on any atom is -0.489 e. The second kappa shape index (κ2) is 14.7. The summed E-state index contributed by atoms with van der Waals surface area (Å²) in [7, 11) is -3.38. The van der Waals surface area contributed by atoms with Gasteiger partial charge in [0.15, 0.2) is 9.84 Å². The Balaban J connectivity index is 1.26. The van der Waals surface area contributed by atoms with Gasteiger partial charge in [0.2, 0.25) is 0 Å². The fraction of sp³-hybridized carbons (Fsp3) is 0.324. The average molecular weight is 664 g/mol. The number of sulfone groups is 1. The number of benzene rings is 3. The standard InChI is InChI=1S/C34H35F2N5O5S/c1-3-47(43,44)31-14-6-24(7-15-31)32(16-17-37)39-33(42)25-4-8-26(9-5-25)40-21-30(18-28(40)22-45-34(35)36)46-29-12-10-27(11-13-29)41-20-23(2)19-38-41/h4-15,19-20,28,30,32,34H,3,16,18,21-22H2,1-2H3,(H,39,42)/t28-,30-,32-/m0/s1. The maximum atomic E-state index is 13.2. The Kier molecular flexibility index (Phi) is 10.5. The fourth-order valence-electron chi connectivity index (χ4n) is 5.50. The highest BCUT2D eigenvalue weighted by atomic mass is 32.2. The highest BCUT2D eigenvalue weighted by molar-refractivity contribution is 7.91. The monoisotopic (exact) mass is 663 g/mol. The van der Waals surface area contributed by atoms with Crippen molar-refractivity contribution in [3.05, 3.63) is 102 Å². The van der Waals surface area contributed by atoms with Crippen LogP contribution in [0.1, 0.15) is 47.3 Å². The maximum absolute atomic E-state index is 13.2. The van der Waals surface area contributed by atoms with Gasteiger partial charge in [-0.3, -0.25) is 4.79 Å². The first-order valence-corrected chi connectivity index (χ1v) is 16.8. The van der Waals surface area contributed by atoms with Gasteiger partial charge in [-0.1, -0.05) is 19.1 Å². The van der Waals surface area contributed by atoms with Gasteiger partial charge in [0.1, 0.15) is 11.9 Å². The van der Waals surface area contributed by atoms with Gasteiger partial charge in [0.05, 0.1) is 60.3 Å². The molecule has 1 N–H and O–H groups in total. The number of aromatic nitrogens is 2. The van der Waals surface area contributed by atoms with E-state index in [-0.39, 0.29) is 35.8 Å². The lowest BCUT2D eigenvalue weighted by atomic mass is 10.0. The molecule has 1 amide bonds. The van der Waals surface area contributed by atoms with Crippen molar-refractivity contribution < 1.29 is 31.5 Å². The number of halogens is 2. The van der Waals surface area contributed by atoms with Gasteiger partial charge in [-0.05, 0) is 78.7 Å². The molecule has 3 aromatic carbocycles. The van der Waals surface area contributed by atoms with Gasteiger partial charge in [-0.15, -0.1) is 0 Å². The zero-order chi connectivity index (χ0) is 33.6. The Hall–Kier alpha value is -4.80. The fourth-order valence-corrected chi connectivity index (χ4v) is 6.39. The van der Waals surface area contributed by atoms with E-state index in [0.717, 1.165) is 11.3 Å². The molecule has 0 spiro atoms. The van der Waals surface area contributed by atoms with Crippen LogP contribution in [-0.4, -0.2) is 61.8 Å². The number of nitrogens with zero attached hydrogens (tertiary/aromatic N) is 4. The van der Waals surface area contributed by atoms with E-state index in [1.165, 1.54) is 12.1 Å². The van der Waals surface area contributed by atoms with E-state index in [0.29, 0.717) is 35.5 Å². The number of hydrogen-bond acceptors (Lipinski definition) is 8. The third-order valence-corrected chi connectivity index (χ3v) is 9.74. The number of rotatable bonds is 13. The van der Waals surface area contributed by atoms with Crippen LogP contribution in [0.3, 0.4) is 0 Å². The number of carbonyl (C=O) groups excluding carboxylic acids is 1. The molecular formula is C34H35F2N5O5S. The molecule has 1 aliphatic rings.